The van der Waals surface area contributed by atoms with Gasteiger partial charge in [0.1, 0.15) is 11.3 Å². The van der Waals surface area contributed by atoms with Gasteiger partial charge in [-0.25, -0.2) is 9.78 Å². The van der Waals surface area contributed by atoms with Crippen LogP contribution in [0.25, 0.3) is 0 Å². The first-order chi connectivity index (χ1) is 8.22. The summed E-state index contributed by atoms with van der Waals surface area (Å²) in [5.74, 6) is 0.287. The molecule has 0 N–H and O–H groups in total. The van der Waals surface area contributed by atoms with E-state index in [4.69, 9.17) is 9.47 Å². The SMILES string of the molecule is CCCCOc1cnc(OC)c(C(=O)OC)c1. The van der Waals surface area contributed by atoms with Gasteiger partial charge in [-0.15, -0.1) is 0 Å². The second-order valence-corrected chi connectivity index (χ2v) is 3.42. The number of esters is 1. The summed E-state index contributed by atoms with van der Waals surface area (Å²) in [6, 6.07) is 1.58. The van der Waals surface area contributed by atoms with E-state index in [0.29, 0.717) is 12.4 Å². The van der Waals surface area contributed by atoms with Crippen molar-refractivity contribution in [3.05, 3.63) is 17.8 Å². The molecule has 0 aliphatic carbocycles. The normalized spacial score (nSPS) is 9.82. The number of hydrogen-bond donors (Lipinski definition) is 0. The van der Waals surface area contributed by atoms with Crippen molar-refractivity contribution in [2.24, 2.45) is 0 Å². The maximum Gasteiger partial charge on any atom is 0.343 e. The van der Waals surface area contributed by atoms with Crippen LogP contribution in [0.1, 0.15) is 30.1 Å². The molecule has 0 bridgehead atoms. The average Bonchev–Trinajstić information content (AvgIpc) is 2.38. The summed E-state index contributed by atoms with van der Waals surface area (Å²) >= 11 is 0. The lowest BCUT2D eigenvalue weighted by molar-refractivity contribution is 0.0595. The molecule has 0 spiro atoms. The Bertz CT molecular complexity index is 379. The van der Waals surface area contributed by atoms with E-state index < -0.39 is 5.97 Å². The molecular weight excluding hydrogens is 222 g/mol. The van der Waals surface area contributed by atoms with E-state index in [2.05, 4.69) is 16.6 Å². The van der Waals surface area contributed by atoms with Crippen LogP contribution in [0.5, 0.6) is 11.6 Å². The number of aromatic nitrogens is 1. The lowest BCUT2D eigenvalue weighted by atomic mass is 10.2. The van der Waals surface area contributed by atoms with E-state index in [1.54, 1.807) is 6.07 Å². The summed E-state index contributed by atoms with van der Waals surface area (Å²) in [7, 11) is 2.76. The topological polar surface area (TPSA) is 57.7 Å². The predicted molar refractivity (Wildman–Crippen MR) is 62.5 cm³/mol. The summed E-state index contributed by atoms with van der Waals surface area (Å²) < 4.78 is 15.1. The van der Waals surface area contributed by atoms with Gasteiger partial charge in [-0.2, -0.15) is 0 Å². The van der Waals surface area contributed by atoms with Gasteiger partial charge in [0.05, 0.1) is 27.0 Å². The van der Waals surface area contributed by atoms with Crippen molar-refractivity contribution >= 4 is 5.97 Å². The molecule has 0 amide bonds. The van der Waals surface area contributed by atoms with Gasteiger partial charge in [-0.1, -0.05) is 13.3 Å². The van der Waals surface area contributed by atoms with E-state index >= 15 is 0 Å². The minimum atomic E-state index is -0.490. The molecule has 5 nitrogen and oxygen atoms in total. The number of unbranched alkanes of at least 4 members (excludes halogenated alkanes) is 1. The van der Waals surface area contributed by atoms with Crippen LogP contribution in [0.4, 0.5) is 0 Å². The molecule has 1 rings (SSSR count). The van der Waals surface area contributed by atoms with E-state index in [0.717, 1.165) is 12.8 Å². The highest BCUT2D eigenvalue weighted by Gasteiger charge is 2.15. The lowest BCUT2D eigenvalue weighted by Gasteiger charge is -2.09. The summed E-state index contributed by atoms with van der Waals surface area (Å²) in [4.78, 5) is 15.5. The Hall–Kier alpha value is -1.78. The first-order valence-corrected chi connectivity index (χ1v) is 5.48. The van der Waals surface area contributed by atoms with Crippen LogP contribution >= 0.6 is 0 Å². The van der Waals surface area contributed by atoms with E-state index in [9.17, 15) is 4.79 Å². The molecule has 1 heterocycles. The molecule has 94 valence electrons. The number of ether oxygens (including phenoxy) is 3. The number of nitrogens with zero attached hydrogens (tertiary/aromatic N) is 1. The molecule has 0 aromatic carbocycles. The zero-order valence-corrected chi connectivity index (χ0v) is 10.4. The van der Waals surface area contributed by atoms with Gasteiger partial charge in [0.25, 0.3) is 0 Å². The molecule has 0 aliphatic rings. The molecule has 1 aromatic heterocycles. The van der Waals surface area contributed by atoms with Gasteiger partial charge in [-0.3, -0.25) is 0 Å². The fourth-order valence-corrected chi connectivity index (χ4v) is 1.27. The third kappa shape index (κ3) is 3.62. The van der Waals surface area contributed by atoms with Gasteiger partial charge >= 0.3 is 5.97 Å². The Labute approximate surface area is 101 Å². The van der Waals surface area contributed by atoms with Crippen molar-refractivity contribution in [3.8, 4) is 11.6 Å². The fraction of sp³-hybridized carbons (Fsp3) is 0.500. The third-order valence-electron chi connectivity index (χ3n) is 2.19. The summed E-state index contributed by atoms with van der Waals surface area (Å²) in [6.07, 6.45) is 3.54. The van der Waals surface area contributed by atoms with Gasteiger partial charge in [0, 0.05) is 6.07 Å². The second-order valence-electron chi connectivity index (χ2n) is 3.42. The lowest BCUT2D eigenvalue weighted by Crippen LogP contribution is -2.07. The molecule has 0 saturated carbocycles. The third-order valence-corrected chi connectivity index (χ3v) is 2.19. The Balaban J connectivity index is 2.85. The van der Waals surface area contributed by atoms with Crippen LogP contribution < -0.4 is 9.47 Å². The highest BCUT2D eigenvalue weighted by atomic mass is 16.5. The monoisotopic (exact) mass is 239 g/mol. The van der Waals surface area contributed by atoms with Gasteiger partial charge in [-0.05, 0) is 6.42 Å². The number of methoxy groups -OCH3 is 2. The largest absolute Gasteiger partial charge is 0.492 e. The highest BCUT2D eigenvalue weighted by Crippen LogP contribution is 2.21. The highest BCUT2D eigenvalue weighted by molar-refractivity contribution is 5.92. The van der Waals surface area contributed by atoms with Crippen molar-refractivity contribution < 1.29 is 19.0 Å². The quantitative estimate of drug-likeness (QED) is 0.561. The average molecular weight is 239 g/mol. The number of pyridine rings is 1. The van der Waals surface area contributed by atoms with Gasteiger partial charge in [0.2, 0.25) is 5.88 Å². The maximum atomic E-state index is 11.5. The molecule has 1 aromatic rings. The zero-order valence-electron chi connectivity index (χ0n) is 10.4. The van der Waals surface area contributed by atoms with Crippen LogP contribution in [-0.2, 0) is 4.74 Å². The number of rotatable bonds is 6. The van der Waals surface area contributed by atoms with Gasteiger partial charge in [0.15, 0.2) is 0 Å². The van der Waals surface area contributed by atoms with Crippen LogP contribution in [0.15, 0.2) is 12.3 Å². The minimum Gasteiger partial charge on any atom is -0.492 e. The smallest absolute Gasteiger partial charge is 0.343 e. The predicted octanol–water partition coefficient (Wildman–Crippen LogP) is 2.06. The van der Waals surface area contributed by atoms with Crippen LogP contribution in [0.2, 0.25) is 0 Å². The molecule has 0 saturated heterocycles. The zero-order chi connectivity index (χ0) is 12.7. The van der Waals surface area contributed by atoms with E-state index in [1.807, 2.05) is 0 Å². The standard InChI is InChI=1S/C12H17NO4/c1-4-5-6-17-9-7-10(12(14)16-3)11(15-2)13-8-9/h7-8H,4-6H2,1-3H3. The first-order valence-electron chi connectivity index (χ1n) is 5.48. The van der Waals surface area contributed by atoms with Crippen molar-refractivity contribution in [3.63, 3.8) is 0 Å². The van der Waals surface area contributed by atoms with Crippen LogP contribution in [-0.4, -0.2) is 31.8 Å². The van der Waals surface area contributed by atoms with Crippen molar-refractivity contribution in [1.29, 1.82) is 0 Å². The summed E-state index contributed by atoms with van der Waals surface area (Å²) in [6.45, 7) is 2.68. The van der Waals surface area contributed by atoms with Crippen LogP contribution in [0, 0.1) is 0 Å². The molecular formula is C12H17NO4. The fourth-order valence-electron chi connectivity index (χ4n) is 1.27. The minimum absolute atomic E-state index is 0.236. The Morgan fingerprint density at radius 3 is 2.76 bits per heavy atom. The summed E-state index contributed by atoms with van der Waals surface area (Å²) in [5, 5.41) is 0. The Morgan fingerprint density at radius 2 is 2.18 bits per heavy atom. The van der Waals surface area contributed by atoms with E-state index in [1.165, 1.54) is 20.4 Å². The van der Waals surface area contributed by atoms with Crippen LogP contribution in [0.3, 0.4) is 0 Å². The number of carbonyl (C=O) groups is 1. The Morgan fingerprint density at radius 1 is 1.41 bits per heavy atom. The van der Waals surface area contributed by atoms with Crippen molar-refractivity contribution in [2.75, 3.05) is 20.8 Å². The maximum absolute atomic E-state index is 11.5. The molecule has 0 unspecified atom stereocenters. The van der Waals surface area contributed by atoms with Gasteiger partial charge < -0.3 is 14.2 Å². The molecule has 5 heteroatoms. The number of hydrogen-bond acceptors (Lipinski definition) is 5. The molecule has 17 heavy (non-hydrogen) atoms. The molecule has 0 fully saturated rings. The number of carbonyl (C=O) groups excluding carboxylic acids is 1. The van der Waals surface area contributed by atoms with Crippen molar-refractivity contribution in [1.82, 2.24) is 4.98 Å². The first kappa shape index (κ1) is 13.3. The molecule has 0 atom stereocenters. The van der Waals surface area contributed by atoms with Crippen molar-refractivity contribution in [2.45, 2.75) is 19.8 Å². The van der Waals surface area contributed by atoms with E-state index in [-0.39, 0.29) is 11.4 Å². The second kappa shape index (κ2) is 6.73. The molecule has 0 radical (unpaired) electrons. The molecule has 0 aliphatic heterocycles. The Kier molecular flexibility index (Phi) is 5.26. The summed E-state index contributed by atoms with van der Waals surface area (Å²) in [5.41, 5.74) is 0.268.